The minimum Gasteiger partial charge on any atom is -0.371 e. The summed E-state index contributed by atoms with van der Waals surface area (Å²) in [6, 6.07) is 18.4. The average Bonchev–Trinajstić information content (AvgIpc) is 2.64. The summed E-state index contributed by atoms with van der Waals surface area (Å²) in [4.78, 5) is 2.13. The van der Waals surface area contributed by atoms with Crippen molar-refractivity contribution in [1.29, 1.82) is 0 Å². The molecule has 0 bridgehead atoms. The molecule has 0 aliphatic carbocycles. The molecule has 0 aliphatic heterocycles. The van der Waals surface area contributed by atoms with E-state index in [4.69, 9.17) is 0 Å². The number of nitrogens with zero attached hydrogens (tertiary/aromatic N) is 4. The van der Waals surface area contributed by atoms with Crippen molar-refractivity contribution in [3.63, 3.8) is 0 Å². The summed E-state index contributed by atoms with van der Waals surface area (Å²) < 4.78 is 2.17. The number of hydrogen-bond donors (Lipinski definition) is 0. The lowest BCUT2D eigenvalue weighted by atomic mass is 10.1. The second-order valence-corrected chi connectivity index (χ2v) is 6.13. The first kappa shape index (κ1) is 16.8. The second kappa shape index (κ2) is 7.26. The van der Waals surface area contributed by atoms with Gasteiger partial charge in [-0.1, -0.05) is 18.2 Å². The molecular formula is C21H23N4+. The Hall–Kier alpha value is -3.01. The number of para-hydroxylation sites is 1. The molecule has 2 aromatic carbocycles. The van der Waals surface area contributed by atoms with Gasteiger partial charge in [0.05, 0.1) is 11.1 Å². The highest BCUT2D eigenvalue weighted by Crippen LogP contribution is 2.27. The Labute approximate surface area is 148 Å². The van der Waals surface area contributed by atoms with Crippen LogP contribution in [0.5, 0.6) is 0 Å². The van der Waals surface area contributed by atoms with Crippen molar-refractivity contribution in [3.8, 4) is 0 Å². The summed E-state index contributed by atoms with van der Waals surface area (Å²) in [6.07, 6.45) is 1.89. The molecule has 0 aliphatic rings. The fourth-order valence-electron chi connectivity index (χ4n) is 2.81. The van der Waals surface area contributed by atoms with Crippen LogP contribution in [0.2, 0.25) is 0 Å². The first-order valence-corrected chi connectivity index (χ1v) is 8.32. The van der Waals surface area contributed by atoms with Crippen LogP contribution in [0.25, 0.3) is 10.9 Å². The molecule has 0 radical (unpaired) electrons. The third kappa shape index (κ3) is 3.58. The van der Waals surface area contributed by atoms with Crippen molar-refractivity contribution >= 4 is 28.0 Å². The quantitative estimate of drug-likeness (QED) is 0.367. The molecule has 25 heavy (non-hydrogen) atoms. The standard InChI is InChI=1S/C21H23N4/c1-5-14-24(3)18-12-10-17(11-13-18)22-23-20-15-16(2)25(4)21-9-7-6-8-19(20)21/h5-13,15H,1,14H2,2-4H3/q+1. The van der Waals surface area contributed by atoms with Crippen LogP contribution in [-0.2, 0) is 7.05 Å². The summed E-state index contributed by atoms with van der Waals surface area (Å²) in [6.45, 7) is 6.66. The Balaban J connectivity index is 1.91. The lowest BCUT2D eigenvalue weighted by Gasteiger charge is -2.16. The van der Waals surface area contributed by atoms with Gasteiger partial charge in [0.15, 0.2) is 5.69 Å². The van der Waals surface area contributed by atoms with E-state index in [0.29, 0.717) is 0 Å². The maximum Gasteiger partial charge on any atom is 0.214 e. The van der Waals surface area contributed by atoms with Crippen molar-refractivity contribution in [1.82, 2.24) is 0 Å². The number of aryl methyl sites for hydroxylation is 2. The number of azo groups is 1. The Bertz CT molecular complexity index is 927. The predicted molar refractivity (Wildman–Crippen MR) is 104 cm³/mol. The molecule has 0 saturated heterocycles. The third-order valence-corrected chi connectivity index (χ3v) is 4.38. The minimum atomic E-state index is 0.813. The summed E-state index contributed by atoms with van der Waals surface area (Å²) in [5.74, 6) is 0. The van der Waals surface area contributed by atoms with Crippen LogP contribution in [0.3, 0.4) is 0 Å². The fourth-order valence-corrected chi connectivity index (χ4v) is 2.81. The Morgan fingerprint density at radius 1 is 1.08 bits per heavy atom. The van der Waals surface area contributed by atoms with Gasteiger partial charge in [-0.15, -0.1) is 11.7 Å². The number of likely N-dealkylation sites (N-methyl/N-ethyl adjacent to an activating group) is 1. The molecule has 1 heterocycles. The van der Waals surface area contributed by atoms with Gasteiger partial charge in [0, 0.05) is 38.3 Å². The predicted octanol–water partition coefficient (Wildman–Crippen LogP) is 5.01. The zero-order valence-corrected chi connectivity index (χ0v) is 15.0. The molecule has 1 aromatic heterocycles. The first-order valence-electron chi connectivity index (χ1n) is 8.32. The second-order valence-electron chi connectivity index (χ2n) is 6.13. The van der Waals surface area contributed by atoms with Crippen molar-refractivity contribution in [2.75, 3.05) is 18.5 Å². The largest absolute Gasteiger partial charge is 0.371 e. The monoisotopic (exact) mass is 331 g/mol. The van der Waals surface area contributed by atoms with Gasteiger partial charge in [0.25, 0.3) is 0 Å². The van der Waals surface area contributed by atoms with E-state index < -0.39 is 0 Å². The first-order chi connectivity index (χ1) is 12.1. The topological polar surface area (TPSA) is 31.8 Å². The van der Waals surface area contributed by atoms with E-state index in [1.54, 1.807) is 0 Å². The van der Waals surface area contributed by atoms with Crippen LogP contribution in [0.15, 0.2) is 77.5 Å². The molecule has 4 nitrogen and oxygen atoms in total. The number of hydrogen-bond acceptors (Lipinski definition) is 3. The summed E-state index contributed by atoms with van der Waals surface area (Å²) in [5.41, 5.74) is 5.16. The maximum absolute atomic E-state index is 4.50. The van der Waals surface area contributed by atoms with Crippen molar-refractivity contribution in [3.05, 3.63) is 72.9 Å². The smallest absolute Gasteiger partial charge is 0.214 e. The lowest BCUT2D eigenvalue weighted by molar-refractivity contribution is -0.651. The number of fused-ring (bicyclic) bond motifs is 1. The van der Waals surface area contributed by atoms with Gasteiger partial charge in [-0.05, 0) is 30.3 Å². The van der Waals surface area contributed by atoms with E-state index >= 15 is 0 Å². The van der Waals surface area contributed by atoms with Gasteiger partial charge < -0.3 is 4.90 Å². The van der Waals surface area contributed by atoms with Crippen LogP contribution in [0, 0.1) is 6.92 Å². The van der Waals surface area contributed by atoms with Gasteiger partial charge in [0.1, 0.15) is 12.7 Å². The SMILES string of the molecule is C=CCN(C)c1ccc(N=Nc2cc(C)[n+](C)c3ccccc23)cc1. The fraction of sp³-hybridized carbons (Fsp3) is 0.190. The number of aromatic nitrogens is 1. The number of rotatable bonds is 5. The molecule has 0 unspecified atom stereocenters. The van der Waals surface area contributed by atoms with Gasteiger partial charge in [-0.2, -0.15) is 9.68 Å². The van der Waals surface area contributed by atoms with E-state index in [2.05, 4.69) is 58.4 Å². The molecule has 0 amide bonds. The zero-order valence-electron chi connectivity index (χ0n) is 15.0. The highest BCUT2D eigenvalue weighted by atomic mass is 15.1. The molecule has 0 saturated carbocycles. The molecule has 0 fully saturated rings. The number of pyridine rings is 1. The minimum absolute atomic E-state index is 0.813. The van der Waals surface area contributed by atoms with Crippen LogP contribution in [0.1, 0.15) is 5.69 Å². The van der Waals surface area contributed by atoms with Crippen molar-refractivity contribution < 1.29 is 4.57 Å². The van der Waals surface area contributed by atoms with E-state index in [1.165, 1.54) is 0 Å². The summed E-state index contributed by atoms with van der Waals surface area (Å²) in [5, 5.41) is 10.0. The highest BCUT2D eigenvalue weighted by Gasteiger charge is 2.12. The normalized spacial score (nSPS) is 11.2. The Morgan fingerprint density at radius 3 is 2.52 bits per heavy atom. The van der Waals surface area contributed by atoms with Crippen LogP contribution in [-0.4, -0.2) is 13.6 Å². The highest BCUT2D eigenvalue weighted by molar-refractivity contribution is 5.87. The van der Waals surface area contributed by atoms with Gasteiger partial charge in [-0.3, -0.25) is 0 Å². The van der Waals surface area contributed by atoms with Crippen molar-refractivity contribution in [2.24, 2.45) is 17.3 Å². The maximum atomic E-state index is 4.50. The molecule has 3 rings (SSSR count). The summed E-state index contributed by atoms with van der Waals surface area (Å²) in [7, 11) is 4.11. The number of benzene rings is 2. The molecular weight excluding hydrogens is 308 g/mol. The molecule has 4 heteroatoms. The molecule has 126 valence electrons. The van der Waals surface area contributed by atoms with Gasteiger partial charge in [-0.25, -0.2) is 0 Å². The van der Waals surface area contributed by atoms with Crippen LogP contribution < -0.4 is 9.47 Å². The molecule has 3 aromatic rings. The van der Waals surface area contributed by atoms with Crippen LogP contribution in [0.4, 0.5) is 17.1 Å². The lowest BCUT2D eigenvalue weighted by Crippen LogP contribution is -2.32. The Morgan fingerprint density at radius 2 is 1.80 bits per heavy atom. The summed E-state index contributed by atoms with van der Waals surface area (Å²) >= 11 is 0. The Kier molecular flexibility index (Phi) is 4.89. The van der Waals surface area contributed by atoms with E-state index in [9.17, 15) is 0 Å². The van der Waals surface area contributed by atoms with E-state index in [-0.39, 0.29) is 0 Å². The molecule has 0 atom stereocenters. The van der Waals surface area contributed by atoms with E-state index in [1.807, 2.05) is 49.5 Å². The number of anilines is 1. The third-order valence-electron chi connectivity index (χ3n) is 4.38. The molecule has 0 spiro atoms. The van der Waals surface area contributed by atoms with Crippen molar-refractivity contribution in [2.45, 2.75) is 6.92 Å². The zero-order chi connectivity index (χ0) is 17.8. The van der Waals surface area contributed by atoms with Gasteiger partial charge in [0.2, 0.25) is 5.52 Å². The van der Waals surface area contributed by atoms with Gasteiger partial charge >= 0.3 is 0 Å². The van der Waals surface area contributed by atoms with Crippen LogP contribution >= 0.6 is 0 Å². The van der Waals surface area contributed by atoms with E-state index in [0.717, 1.165) is 40.2 Å². The molecule has 0 N–H and O–H groups in total. The average molecular weight is 331 g/mol.